The van der Waals surface area contributed by atoms with E-state index in [1.807, 2.05) is 11.4 Å². The molecule has 0 aliphatic heterocycles. The molecule has 0 aliphatic rings. The van der Waals surface area contributed by atoms with Crippen molar-refractivity contribution in [3.8, 4) is 5.75 Å². The summed E-state index contributed by atoms with van der Waals surface area (Å²) >= 11 is 4.72. The summed E-state index contributed by atoms with van der Waals surface area (Å²) in [6, 6.07) is 10.6. The van der Waals surface area contributed by atoms with E-state index in [0.717, 1.165) is 4.47 Å². The normalized spacial score (nSPS) is 10.2. The highest BCUT2D eigenvalue weighted by Crippen LogP contribution is 2.17. The van der Waals surface area contributed by atoms with Crippen molar-refractivity contribution >= 4 is 39.1 Å². The zero-order valence-electron chi connectivity index (χ0n) is 11.4. The topological polar surface area (TPSA) is 46.6 Å². The Morgan fingerprint density at radius 2 is 1.95 bits per heavy atom. The largest absolute Gasteiger partial charge is 0.414 e. The van der Waals surface area contributed by atoms with Gasteiger partial charge in [0.05, 0.1) is 4.88 Å². The second kappa shape index (κ2) is 7.38. The molecule has 6 heteroatoms. The van der Waals surface area contributed by atoms with E-state index >= 15 is 0 Å². The van der Waals surface area contributed by atoms with Gasteiger partial charge in [-0.2, -0.15) is 0 Å². The smallest absolute Gasteiger partial charge is 0.410 e. The lowest BCUT2D eigenvalue weighted by Crippen LogP contribution is -2.31. The fraction of sp³-hybridized carbons (Fsp3) is 0.200. The molecule has 0 saturated carbocycles. The summed E-state index contributed by atoms with van der Waals surface area (Å²) in [7, 11) is 1.61. The number of ether oxygens (including phenoxy) is 1. The molecule has 1 aromatic heterocycles. The van der Waals surface area contributed by atoms with Crippen molar-refractivity contribution in [1.29, 1.82) is 0 Å². The molecule has 1 amide bonds. The lowest BCUT2D eigenvalue weighted by molar-refractivity contribution is 0.0972. The number of halogens is 1. The first-order valence-corrected chi connectivity index (χ1v) is 7.99. The van der Waals surface area contributed by atoms with Crippen LogP contribution in [-0.2, 0) is 0 Å². The second-order valence-electron chi connectivity index (χ2n) is 4.39. The van der Waals surface area contributed by atoms with Gasteiger partial charge in [-0.1, -0.05) is 22.0 Å². The molecule has 1 heterocycles. The Morgan fingerprint density at radius 3 is 2.57 bits per heavy atom. The molecule has 4 nitrogen and oxygen atoms in total. The zero-order chi connectivity index (χ0) is 15.2. The molecule has 0 unspecified atom stereocenters. The van der Waals surface area contributed by atoms with Crippen LogP contribution in [0.15, 0.2) is 46.3 Å². The molecule has 21 heavy (non-hydrogen) atoms. The van der Waals surface area contributed by atoms with E-state index in [4.69, 9.17) is 4.74 Å². The van der Waals surface area contributed by atoms with Gasteiger partial charge < -0.3 is 9.64 Å². The predicted octanol–water partition coefficient (Wildman–Crippen LogP) is 4.21. The SMILES string of the molecule is CN(CCC(=O)c1cccs1)C(=O)Oc1ccc(Br)cc1. The Morgan fingerprint density at radius 1 is 1.24 bits per heavy atom. The maximum absolute atomic E-state index is 11.9. The third-order valence-electron chi connectivity index (χ3n) is 2.80. The van der Waals surface area contributed by atoms with Crippen LogP contribution in [0.3, 0.4) is 0 Å². The maximum Gasteiger partial charge on any atom is 0.414 e. The van der Waals surface area contributed by atoms with Crippen LogP contribution in [0, 0.1) is 0 Å². The summed E-state index contributed by atoms with van der Waals surface area (Å²) in [5.41, 5.74) is 0. The number of amides is 1. The molecule has 2 rings (SSSR count). The van der Waals surface area contributed by atoms with E-state index in [1.165, 1.54) is 16.2 Å². The van der Waals surface area contributed by atoms with Crippen molar-refractivity contribution in [3.63, 3.8) is 0 Å². The van der Waals surface area contributed by atoms with E-state index in [2.05, 4.69) is 15.9 Å². The number of hydrogen-bond donors (Lipinski definition) is 0. The summed E-state index contributed by atoms with van der Waals surface area (Å²) < 4.78 is 6.13. The molecular formula is C15H14BrNO3S. The van der Waals surface area contributed by atoms with Gasteiger partial charge in [-0.05, 0) is 35.7 Å². The molecule has 0 bridgehead atoms. The third kappa shape index (κ3) is 4.68. The van der Waals surface area contributed by atoms with E-state index in [0.29, 0.717) is 17.2 Å². The monoisotopic (exact) mass is 367 g/mol. The van der Waals surface area contributed by atoms with Crippen molar-refractivity contribution in [3.05, 3.63) is 51.1 Å². The van der Waals surface area contributed by atoms with Gasteiger partial charge in [0.1, 0.15) is 5.75 Å². The predicted molar refractivity (Wildman–Crippen MR) is 86.1 cm³/mol. The van der Waals surface area contributed by atoms with Gasteiger partial charge >= 0.3 is 6.09 Å². The van der Waals surface area contributed by atoms with Crippen LogP contribution in [0.1, 0.15) is 16.1 Å². The number of ketones is 1. The van der Waals surface area contributed by atoms with Crippen molar-refractivity contribution in [1.82, 2.24) is 4.90 Å². The molecule has 1 aromatic carbocycles. The lowest BCUT2D eigenvalue weighted by atomic mass is 10.2. The van der Waals surface area contributed by atoms with Gasteiger partial charge in [-0.3, -0.25) is 4.79 Å². The van der Waals surface area contributed by atoms with Gasteiger partial charge in [-0.15, -0.1) is 11.3 Å². The molecule has 0 atom stereocenters. The quantitative estimate of drug-likeness (QED) is 0.743. The summed E-state index contributed by atoms with van der Waals surface area (Å²) in [5.74, 6) is 0.507. The van der Waals surface area contributed by atoms with Gasteiger partial charge in [0, 0.05) is 24.5 Å². The van der Waals surface area contributed by atoms with Crippen LogP contribution < -0.4 is 4.74 Å². The minimum Gasteiger partial charge on any atom is -0.410 e. The van der Waals surface area contributed by atoms with E-state index in [-0.39, 0.29) is 12.2 Å². The molecular weight excluding hydrogens is 354 g/mol. The van der Waals surface area contributed by atoms with Crippen LogP contribution >= 0.6 is 27.3 Å². The molecule has 2 aromatic rings. The molecule has 110 valence electrons. The Hall–Kier alpha value is -1.66. The number of hydrogen-bond acceptors (Lipinski definition) is 4. The fourth-order valence-electron chi connectivity index (χ4n) is 1.60. The van der Waals surface area contributed by atoms with Gasteiger partial charge in [0.25, 0.3) is 0 Å². The highest BCUT2D eigenvalue weighted by atomic mass is 79.9. The van der Waals surface area contributed by atoms with Crippen molar-refractivity contribution in [2.75, 3.05) is 13.6 Å². The molecule has 0 radical (unpaired) electrons. The summed E-state index contributed by atoms with van der Waals surface area (Å²) in [6.45, 7) is 0.325. The van der Waals surface area contributed by atoms with Crippen LogP contribution in [0.5, 0.6) is 5.75 Å². The van der Waals surface area contributed by atoms with Crippen molar-refractivity contribution in [2.45, 2.75) is 6.42 Å². The number of carbonyl (C=O) groups is 2. The Labute approximate surface area is 135 Å². The van der Waals surface area contributed by atoms with Crippen molar-refractivity contribution < 1.29 is 14.3 Å². The standard InChI is InChI=1S/C15H14BrNO3S/c1-17(9-8-13(18)14-3-2-10-21-14)15(19)20-12-6-4-11(16)5-7-12/h2-7,10H,8-9H2,1H3. The molecule has 0 N–H and O–H groups in total. The molecule has 0 aliphatic carbocycles. The average Bonchev–Trinajstić information content (AvgIpc) is 3.01. The highest BCUT2D eigenvalue weighted by Gasteiger charge is 2.14. The second-order valence-corrected chi connectivity index (χ2v) is 6.26. The molecule has 0 fully saturated rings. The van der Waals surface area contributed by atoms with Crippen molar-refractivity contribution in [2.24, 2.45) is 0 Å². The Balaban J connectivity index is 1.82. The number of Topliss-reactive ketones (excluding diaryl/α,β-unsaturated/α-hetero) is 1. The first kappa shape index (κ1) is 15.7. The van der Waals surface area contributed by atoms with Crippen LogP contribution in [0.2, 0.25) is 0 Å². The Bertz CT molecular complexity index is 610. The number of benzene rings is 1. The van der Waals surface area contributed by atoms with Crippen LogP contribution in [0.25, 0.3) is 0 Å². The summed E-state index contributed by atoms with van der Waals surface area (Å²) in [4.78, 5) is 25.8. The summed E-state index contributed by atoms with van der Waals surface area (Å²) in [5, 5.41) is 1.86. The number of nitrogens with zero attached hydrogens (tertiary/aromatic N) is 1. The maximum atomic E-state index is 11.9. The van der Waals surface area contributed by atoms with Crippen LogP contribution in [-0.4, -0.2) is 30.4 Å². The minimum atomic E-state index is -0.476. The van der Waals surface area contributed by atoms with E-state index in [9.17, 15) is 9.59 Å². The molecule has 0 spiro atoms. The molecule has 0 saturated heterocycles. The number of thiophene rings is 1. The Kier molecular flexibility index (Phi) is 5.52. The summed E-state index contributed by atoms with van der Waals surface area (Å²) in [6.07, 6.45) is -0.191. The highest BCUT2D eigenvalue weighted by molar-refractivity contribution is 9.10. The van der Waals surface area contributed by atoms with Gasteiger partial charge in [-0.25, -0.2) is 4.79 Å². The lowest BCUT2D eigenvalue weighted by Gasteiger charge is -2.16. The first-order valence-electron chi connectivity index (χ1n) is 6.31. The van der Waals surface area contributed by atoms with Crippen LogP contribution in [0.4, 0.5) is 4.79 Å². The van der Waals surface area contributed by atoms with Gasteiger partial charge in [0.15, 0.2) is 5.78 Å². The zero-order valence-corrected chi connectivity index (χ0v) is 13.8. The average molecular weight is 368 g/mol. The third-order valence-corrected chi connectivity index (χ3v) is 4.24. The number of rotatable bonds is 5. The minimum absolute atomic E-state index is 0.0355. The first-order chi connectivity index (χ1) is 10.1. The fourth-order valence-corrected chi connectivity index (χ4v) is 2.56. The van der Waals surface area contributed by atoms with E-state index in [1.54, 1.807) is 37.4 Å². The van der Waals surface area contributed by atoms with Gasteiger partial charge in [0.2, 0.25) is 0 Å². The number of carbonyl (C=O) groups excluding carboxylic acids is 2. The van der Waals surface area contributed by atoms with E-state index < -0.39 is 6.09 Å².